The second kappa shape index (κ2) is 12.3. The minimum atomic E-state index is -4.03. The lowest BCUT2D eigenvalue weighted by Crippen LogP contribution is -2.39. The van der Waals surface area contributed by atoms with Crippen molar-refractivity contribution in [3.8, 4) is 5.75 Å². The van der Waals surface area contributed by atoms with Crippen LogP contribution in [0.2, 0.25) is 0 Å². The van der Waals surface area contributed by atoms with Crippen molar-refractivity contribution in [2.45, 2.75) is 11.8 Å². The van der Waals surface area contributed by atoms with E-state index in [9.17, 15) is 18.0 Å². The Balaban J connectivity index is 1.71. The highest BCUT2D eigenvalue weighted by Crippen LogP contribution is 2.26. The Hall–Kier alpha value is -3.70. The topological polar surface area (TPSA) is 114 Å². The van der Waals surface area contributed by atoms with Gasteiger partial charge in [0.1, 0.15) is 12.3 Å². The molecule has 0 bridgehead atoms. The van der Waals surface area contributed by atoms with Crippen molar-refractivity contribution < 1.29 is 27.5 Å². The molecule has 0 fully saturated rings. The number of carbonyl (C=O) groups is 2. The molecule has 0 saturated heterocycles. The van der Waals surface area contributed by atoms with Gasteiger partial charge in [-0.1, -0.05) is 39.7 Å². The molecule has 0 spiro atoms. The quantitative estimate of drug-likeness (QED) is 0.225. The first-order valence-corrected chi connectivity index (χ1v) is 12.9. The number of nitrogens with one attached hydrogen (secondary N) is 1. The van der Waals surface area contributed by atoms with Gasteiger partial charge in [0.25, 0.3) is 15.9 Å². The smallest absolute Gasteiger partial charge is 0.343 e. The average molecular weight is 574 g/mol. The lowest BCUT2D eigenvalue weighted by atomic mass is 10.2. The maximum absolute atomic E-state index is 13.4. The van der Waals surface area contributed by atoms with Crippen LogP contribution >= 0.6 is 15.9 Å². The van der Waals surface area contributed by atoms with Gasteiger partial charge in [-0.2, -0.15) is 5.10 Å². The minimum absolute atomic E-state index is 0.0684. The van der Waals surface area contributed by atoms with Crippen molar-refractivity contribution in [1.29, 1.82) is 0 Å². The van der Waals surface area contributed by atoms with E-state index < -0.39 is 28.4 Å². The molecule has 3 aromatic rings. The number of halogens is 1. The summed E-state index contributed by atoms with van der Waals surface area (Å²) in [6.45, 7) is 1.17. The Labute approximate surface area is 217 Å². The van der Waals surface area contributed by atoms with Gasteiger partial charge in [-0.15, -0.1) is 0 Å². The van der Waals surface area contributed by atoms with Gasteiger partial charge < -0.3 is 9.47 Å². The summed E-state index contributed by atoms with van der Waals surface area (Å²) < 4.78 is 38.3. The molecule has 188 valence electrons. The summed E-state index contributed by atoms with van der Waals surface area (Å²) in [7, 11) is -2.75. The van der Waals surface area contributed by atoms with Gasteiger partial charge in [0.05, 0.1) is 23.9 Å². The van der Waals surface area contributed by atoms with Gasteiger partial charge in [0, 0.05) is 4.47 Å². The highest BCUT2D eigenvalue weighted by atomic mass is 79.9. The molecule has 0 aromatic heterocycles. The van der Waals surface area contributed by atoms with Crippen LogP contribution in [-0.4, -0.2) is 46.8 Å². The first kappa shape index (κ1) is 26.9. The Kier molecular flexibility index (Phi) is 9.20. The van der Waals surface area contributed by atoms with Gasteiger partial charge in [0.2, 0.25) is 0 Å². The fraction of sp³-hybridized carbons (Fsp3) is 0.160. The van der Waals surface area contributed by atoms with Crippen LogP contribution < -0.4 is 14.5 Å². The highest BCUT2D eigenvalue weighted by molar-refractivity contribution is 9.10. The summed E-state index contributed by atoms with van der Waals surface area (Å²) in [6, 6.07) is 19.7. The van der Waals surface area contributed by atoms with Crippen LogP contribution in [0.5, 0.6) is 5.75 Å². The van der Waals surface area contributed by atoms with E-state index >= 15 is 0 Å². The molecule has 0 aliphatic heterocycles. The first-order valence-electron chi connectivity index (χ1n) is 10.7. The van der Waals surface area contributed by atoms with Gasteiger partial charge >= 0.3 is 5.97 Å². The third-order valence-corrected chi connectivity index (χ3v) is 7.14. The number of hydrazone groups is 1. The molecule has 0 radical (unpaired) electrons. The molecule has 0 unspecified atom stereocenters. The molecule has 1 N–H and O–H groups in total. The van der Waals surface area contributed by atoms with Crippen LogP contribution in [0, 0.1) is 6.92 Å². The van der Waals surface area contributed by atoms with Gasteiger partial charge in [0.15, 0.2) is 6.61 Å². The summed E-state index contributed by atoms with van der Waals surface area (Å²) in [5.41, 5.74) is 4.25. The molecule has 3 aromatic carbocycles. The number of esters is 1. The molecular formula is C25H24BrN3O6S. The molecule has 9 nitrogen and oxygen atoms in total. The first-order chi connectivity index (χ1) is 17.2. The number of aryl methyl sites for hydroxylation is 1. The number of hydrogen-bond acceptors (Lipinski definition) is 7. The summed E-state index contributed by atoms with van der Waals surface area (Å²) in [4.78, 5) is 23.9. The molecule has 36 heavy (non-hydrogen) atoms. The SMILES string of the molecule is COC(=O)COc1ccc(/C=N\NC(=O)CN(c2cccc(Br)c2)S(=O)(=O)c2ccc(C)cc2)cc1. The predicted octanol–water partition coefficient (Wildman–Crippen LogP) is 3.65. The second-order valence-electron chi connectivity index (χ2n) is 7.53. The lowest BCUT2D eigenvalue weighted by molar-refractivity contribution is -0.142. The standard InChI is InChI=1S/C25H24BrN3O6S/c1-18-6-12-23(13-7-18)36(32,33)29(21-5-3-4-20(26)14-21)16-24(30)28-27-15-19-8-10-22(11-9-19)35-17-25(31)34-2/h3-15H,16-17H2,1-2H3,(H,28,30)/b27-15-. The van der Waals surface area contributed by atoms with Crippen molar-refractivity contribution in [2.75, 3.05) is 24.6 Å². The third kappa shape index (κ3) is 7.40. The summed E-state index contributed by atoms with van der Waals surface area (Å²) in [5, 5.41) is 3.92. The number of amides is 1. The maximum Gasteiger partial charge on any atom is 0.343 e. The monoisotopic (exact) mass is 573 g/mol. The minimum Gasteiger partial charge on any atom is -0.482 e. The van der Waals surface area contributed by atoms with E-state index in [0.29, 0.717) is 21.5 Å². The van der Waals surface area contributed by atoms with E-state index in [2.05, 4.69) is 31.2 Å². The van der Waals surface area contributed by atoms with E-state index in [-0.39, 0.29) is 11.5 Å². The molecule has 0 aliphatic rings. The predicted molar refractivity (Wildman–Crippen MR) is 140 cm³/mol. The van der Waals surface area contributed by atoms with Crippen LogP contribution in [-0.2, 0) is 24.3 Å². The van der Waals surface area contributed by atoms with E-state index in [1.165, 1.54) is 25.5 Å². The number of hydrogen-bond donors (Lipinski definition) is 1. The number of ether oxygens (including phenoxy) is 2. The van der Waals surface area contributed by atoms with Crippen LogP contribution in [0.4, 0.5) is 5.69 Å². The van der Waals surface area contributed by atoms with E-state index in [1.54, 1.807) is 60.7 Å². The summed E-state index contributed by atoms with van der Waals surface area (Å²) in [6.07, 6.45) is 1.40. The molecule has 3 rings (SSSR count). The van der Waals surface area contributed by atoms with Crippen molar-refractivity contribution >= 4 is 49.7 Å². The molecule has 1 amide bonds. The number of methoxy groups -OCH3 is 1. The zero-order chi connectivity index (χ0) is 26.1. The van der Waals surface area contributed by atoms with E-state index in [0.717, 1.165) is 9.87 Å². The third-order valence-electron chi connectivity index (χ3n) is 4.86. The van der Waals surface area contributed by atoms with Crippen molar-refractivity contribution in [1.82, 2.24) is 5.43 Å². The number of rotatable bonds is 10. The van der Waals surface area contributed by atoms with Crippen LogP contribution in [0.25, 0.3) is 0 Å². The summed E-state index contributed by atoms with van der Waals surface area (Å²) >= 11 is 3.35. The number of benzene rings is 3. The van der Waals surface area contributed by atoms with Crippen molar-refractivity contribution in [3.05, 3.63) is 88.4 Å². The maximum atomic E-state index is 13.4. The Morgan fingerprint density at radius 2 is 1.75 bits per heavy atom. The van der Waals surface area contributed by atoms with Crippen LogP contribution in [0.15, 0.2) is 87.3 Å². The second-order valence-corrected chi connectivity index (χ2v) is 10.3. The number of nitrogens with zero attached hydrogens (tertiary/aromatic N) is 2. The molecule has 0 saturated carbocycles. The zero-order valence-corrected chi connectivity index (χ0v) is 22.0. The normalized spacial score (nSPS) is 11.2. The molecule has 0 heterocycles. The fourth-order valence-electron chi connectivity index (χ4n) is 2.98. The largest absolute Gasteiger partial charge is 0.482 e. The molecule has 11 heteroatoms. The molecule has 0 aliphatic carbocycles. The Bertz CT molecular complexity index is 1340. The summed E-state index contributed by atoms with van der Waals surface area (Å²) in [5.74, 6) is -0.655. The fourth-order valence-corrected chi connectivity index (χ4v) is 4.78. The van der Waals surface area contributed by atoms with Crippen LogP contribution in [0.1, 0.15) is 11.1 Å². The van der Waals surface area contributed by atoms with Gasteiger partial charge in [-0.25, -0.2) is 18.6 Å². The van der Waals surface area contributed by atoms with Crippen LogP contribution in [0.3, 0.4) is 0 Å². The van der Waals surface area contributed by atoms with Gasteiger partial charge in [-0.05, 0) is 67.1 Å². The average Bonchev–Trinajstić information content (AvgIpc) is 2.86. The van der Waals surface area contributed by atoms with E-state index in [4.69, 9.17) is 4.74 Å². The van der Waals surface area contributed by atoms with Crippen molar-refractivity contribution in [2.24, 2.45) is 5.10 Å². The number of anilines is 1. The van der Waals surface area contributed by atoms with Gasteiger partial charge in [-0.3, -0.25) is 9.10 Å². The Morgan fingerprint density at radius 1 is 1.06 bits per heavy atom. The Morgan fingerprint density at radius 3 is 2.39 bits per heavy atom. The molecule has 0 atom stereocenters. The highest BCUT2D eigenvalue weighted by Gasteiger charge is 2.27. The van der Waals surface area contributed by atoms with Crippen molar-refractivity contribution in [3.63, 3.8) is 0 Å². The number of carbonyl (C=O) groups excluding carboxylic acids is 2. The zero-order valence-electron chi connectivity index (χ0n) is 19.5. The van der Waals surface area contributed by atoms with E-state index in [1.807, 2.05) is 6.92 Å². The lowest BCUT2D eigenvalue weighted by Gasteiger charge is -2.24. The molecular weight excluding hydrogens is 550 g/mol. The number of sulfonamides is 1.